The van der Waals surface area contributed by atoms with E-state index in [1.165, 1.54) is 18.2 Å². The normalized spacial score (nSPS) is 16.0. The lowest BCUT2D eigenvalue weighted by Gasteiger charge is -2.15. The van der Waals surface area contributed by atoms with E-state index in [1.54, 1.807) is 24.3 Å². The number of ether oxygens (including phenoxy) is 3. The predicted molar refractivity (Wildman–Crippen MR) is 72.6 cm³/mol. The largest absolute Gasteiger partial charge is 0.457 e. The second-order valence-electron chi connectivity index (χ2n) is 4.74. The van der Waals surface area contributed by atoms with Crippen LogP contribution in [0.4, 0.5) is 13.2 Å². The van der Waals surface area contributed by atoms with Gasteiger partial charge in [-0.05, 0) is 24.3 Å². The molecule has 0 aromatic heterocycles. The van der Waals surface area contributed by atoms with Crippen LogP contribution in [0.5, 0.6) is 11.5 Å². The molecule has 0 bridgehead atoms. The monoisotopic (exact) mass is 310 g/mol. The van der Waals surface area contributed by atoms with Crippen LogP contribution in [0.15, 0.2) is 48.5 Å². The van der Waals surface area contributed by atoms with Crippen LogP contribution in [0.2, 0.25) is 0 Å². The van der Waals surface area contributed by atoms with Crippen molar-refractivity contribution < 1.29 is 27.4 Å². The van der Waals surface area contributed by atoms with Gasteiger partial charge in [-0.1, -0.05) is 24.3 Å². The van der Waals surface area contributed by atoms with Crippen molar-refractivity contribution in [1.82, 2.24) is 0 Å². The molecule has 0 aliphatic carbocycles. The molecule has 3 nitrogen and oxygen atoms in total. The third-order valence-electron chi connectivity index (χ3n) is 3.17. The summed E-state index contributed by atoms with van der Waals surface area (Å²) in [5, 5.41) is 0. The molecule has 1 aliphatic rings. The maximum atomic E-state index is 13.0. The first kappa shape index (κ1) is 14.9. The Morgan fingerprint density at radius 3 is 2.41 bits per heavy atom. The van der Waals surface area contributed by atoms with Crippen LogP contribution in [0.25, 0.3) is 0 Å². The first-order chi connectivity index (χ1) is 10.5. The minimum Gasteiger partial charge on any atom is -0.457 e. The molecule has 0 N–H and O–H groups in total. The van der Waals surface area contributed by atoms with Crippen LogP contribution < -0.4 is 4.74 Å². The Labute approximate surface area is 125 Å². The summed E-state index contributed by atoms with van der Waals surface area (Å²) in [5.74, 6) is 0.0636. The Morgan fingerprint density at radius 2 is 1.68 bits per heavy atom. The molecule has 1 fully saturated rings. The summed E-state index contributed by atoms with van der Waals surface area (Å²) in [4.78, 5) is 0. The zero-order valence-corrected chi connectivity index (χ0v) is 11.5. The Hall–Kier alpha value is -2.05. The first-order valence-corrected chi connectivity index (χ1v) is 6.71. The van der Waals surface area contributed by atoms with E-state index in [4.69, 9.17) is 14.2 Å². The first-order valence-electron chi connectivity index (χ1n) is 6.71. The number of halogens is 3. The predicted octanol–water partition coefficient (Wildman–Crippen LogP) is 4.54. The molecule has 2 aromatic rings. The van der Waals surface area contributed by atoms with Crippen LogP contribution >= 0.6 is 0 Å². The fourth-order valence-electron chi connectivity index (χ4n) is 2.19. The van der Waals surface area contributed by atoms with Crippen molar-refractivity contribution in [3.05, 3.63) is 59.7 Å². The second-order valence-corrected chi connectivity index (χ2v) is 4.74. The van der Waals surface area contributed by atoms with Gasteiger partial charge in [0.1, 0.15) is 11.5 Å². The second kappa shape index (κ2) is 5.98. The highest BCUT2D eigenvalue weighted by molar-refractivity contribution is 5.40. The van der Waals surface area contributed by atoms with Gasteiger partial charge >= 0.3 is 6.18 Å². The average Bonchev–Trinajstić information content (AvgIpc) is 3.01. The summed E-state index contributed by atoms with van der Waals surface area (Å²) in [6.45, 7) is 0.985. The average molecular weight is 310 g/mol. The standard InChI is InChI=1S/C16H13F3O3/c17-16(18,19)13-6-1-2-7-14(13)22-12-5-3-4-11(10-12)15-20-8-9-21-15/h1-7,10,15H,8-9H2. The smallest absolute Gasteiger partial charge is 0.419 e. The molecular formula is C16H13F3O3. The number of rotatable bonds is 3. The van der Waals surface area contributed by atoms with Crippen LogP contribution in [0, 0.1) is 0 Å². The Balaban J connectivity index is 1.86. The van der Waals surface area contributed by atoms with Crippen molar-refractivity contribution in [2.75, 3.05) is 13.2 Å². The van der Waals surface area contributed by atoms with E-state index < -0.39 is 18.0 Å². The van der Waals surface area contributed by atoms with Gasteiger partial charge in [0, 0.05) is 5.56 Å². The van der Waals surface area contributed by atoms with Gasteiger partial charge in [-0.25, -0.2) is 0 Å². The van der Waals surface area contributed by atoms with Gasteiger partial charge in [0.2, 0.25) is 0 Å². The number of para-hydroxylation sites is 1. The van der Waals surface area contributed by atoms with E-state index in [-0.39, 0.29) is 5.75 Å². The van der Waals surface area contributed by atoms with Gasteiger partial charge < -0.3 is 14.2 Å². The van der Waals surface area contributed by atoms with E-state index in [1.807, 2.05) is 0 Å². The Kier molecular flexibility index (Phi) is 4.04. The summed E-state index contributed by atoms with van der Waals surface area (Å²) < 4.78 is 55.0. The summed E-state index contributed by atoms with van der Waals surface area (Å²) in [6, 6.07) is 11.8. The maximum Gasteiger partial charge on any atom is 0.419 e. The fraction of sp³-hybridized carbons (Fsp3) is 0.250. The van der Waals surface area contributed by atoms with Crippen molar-refractivity contribution >= 4 is 0 Å². The molecule has 0 amide bonds. The Bertz CT molecular complexity index is 649. The highest BCUT2D eigenvalue weighted by Crippen LogP contribution is 2.38. The molecule has 116 valence electrons. The van der Waals surface area contributed by atoms with Gasteiger partial charge in [0.25, 0.3) is 0 Å². The molecule has 0 saturated carbocycles. The number of benzene rings is 2. The lowest BCUT2D eigenvalue weighted by atomic mass is 10.2. The molecule has 0 unspecified atom stereocenters. The summed E-state index contributed by atoms with van der Waals surface area (Å²) >= 11 is 0. The third kappa shape index (κ3) is 3.23. The molecule has 0 atom stereocenters. The van der Waals surface area contributed by atoms with Crippen LogP contribution in [0.1, 0.15) is 17.4 Å². The number of hydrogen-bond acceptors (Lipinski definition) is 3. The van der Waals surface area contributed by atoms with Crippen molar-refractivity contribution in [3.8, 4) is 11.5 Å². The van der Waals surface area contributed by atoms with Gasteiger partial charge in [-0.3, -0.25) is 0 Å². The molecule has 1 heterocycles. The molecule has 22 heavy (non-hydrogen) atoms. The zero-order chi connectivity index (χ0) is 15.6. The van der Waals surface area contributed by atoms with E-state index in [2.05, 4.69) is 0 Å². The molecule has 3 rings (SSSR count). The van der Waals surface area contributed by atoms with Crippen LogP contribution in [0.3, 0.4) is 0 Å². The molecule has 2 aromatic carbocycles. The van der Waals surface area contributed by atoms with Crippen LogP contribution in [-0.2, 0) is 15.7 Å². The van der Waals surface area contributed by atoms with E-state index in [9.17, 15) is 13.2 Å². The van der Waals surface area contributed by atoms with Gasteiger partial charge in [-0.15, -0.1) is 0 Å². The Morgan fingerprint density at radius 1 is 0.955 bits per heavy atom. The minimum absolute atomic E-state index is 0.236. The maximum absolute atomic E-state index is 13.0. The lowest BCUT2D eigenvalue weighted by Crippen LogP contribution is -2.07. The topological polar surface area (TPSA) is 27.7 Å². The van der Waals surface area contributed by atoms with Gasteiger partial charge in [0.05, 0.1) is 18.8 Å². The third-order valence-corrected chi connectivity index (χ3v) is 3.17. The SMILES string of the molecule is FC(F)(F)c1ccccc1Oc1cccc(C2OCCO2)c1. The molecule has 0 spiro atoms. The fourth-order valence-corrected chi connectivity index (χ4v) is 2.19. The highest BCUT2D eigenvalue weighted by Gasteiger charge is 2.34. The molecule has 1 saturated heterocycles. The minimum atomic E-state index is -4.47. The summed E-state index contributed by atoms with van der Waals surface area (Å²) in [5.41, 5.74) is -0.103. The van der Waals surface area contributed by atoms with E-state index >= 15 is 0 Å². The summed E-state index contributed by atoms with van der Waals surface area (Å²) in [7, 11) is 0. The lowest BCUT2D eigenvalue weighted by molar-refractivity contribution is -0.138. The van der Waals surface area contributed by atoms with Gasteiger partial charge in [0.15, 0.2) is 6.29 Å². The molecule has 0 radical (unpaired) electrons. The highest BCUT2D eigenvalue weighted by atomic mass is 19.4. The van der Waals surface area contributed by atoms with Crippen molar-refractivity contribution in [2.45, 2.75) is 12.5 Å². The summed E-state index contributed by atoms with van der Waals surface area (Å²) in [6.07, 6.45) is -4.97. The van der Waals surface area contributed by atoms with Crippen molar-refractivity contribution in [2.24, 2.45) is 0 Å². The van der Waals surface area contributed by atoms with E-state index in [0.29, 0.717) is 24.5 Å². The van der Waals surface area contributed by atoms with Gasteiger partial charge in [-0.2, -0.15) is 13.2 Å². The molecule has 6 heteroatoms. The molecule has 1 aliphatic heterocycles. The van der Waals surface area contributed by atoms with Crippen molar-refractivity contribution in [1.29, 1.82) is 0 Å². The number of hydrogen-bond donors (Lipinski definition) is 0. The van der Waals surface area contributed by atoms with Crippen molar-refractivity contribution in [3.63, 3.8) is 0 Å². The van der Waals surface area contributed by atoms with Crippen LogP contribution in [-0.4, -0.2) is 13.2 Å². The van der Waals surface area contributed by atoms with E-state index in [0.717, 1.165) is 6.07 Å². The quantitative estimate of drug-likeness (QED) is 0.833. The molecular weight excluding hydrogens is 297 g/mol. The zero-order valence-electron chi connectivity index (χ0n) is 11.5. The number of alkyl halides is 3.